The van der Waals surface area contributed by atoms with E-state index in [4.69, 9.17) is 6.42 Å². The molecule has 1 amide bonds. The van der Waals surface area contributed by atoms with Gasteiger partial charge in [0.1, 0.15) is 5.60 Å². The first-order valence-corrected chi connectivity index (χ1v) is 12.7. The van der Waals surface area contributed by atoms with Gasteiger partial charge in [-0.2, -0.15) is 0 Å². The third kappa shape index (κ3) is 3.04. The summed E-state index contributed by atoms with van der Waals surface area (Å²) in [6.45, 7) is 4.07. The molecule has 6 rings (SSSR count). The number of aliphatic hydroxyl groups excluding tert-OH is 1. The molecule has 1 aromatic heterocycles. The predicted molar refractivity (Wildman–Crippen MR) is 136 cm³/mol. The lowest BCUT2D eigenvalue weighted by atomic mass is 9.46. The van der Waals surface area contributed by atoms with Gasteiger partial charge < -0.3 is 15.2 Å². The summed E-state index contributed by atoms with van der Waals surface area (Å²) in [6, 6.07) is 5.37. The number of terminal acetylenes is 1. The van der Waals surface area contributed by atoms with Gasteiger partial charge in [-0.25, -0.2) is 4.98 Å². The van der Waals surface area contributed by atoms with Crippen LogP contribution in [0, 0.1) is 40.9 Å². The molecule has 0 aliphatic heterocycles. The normalized spacial score (nSPS) is 39.1. The van der Waals surface area contributed by atoms with Crippen molar-refractivity contribution in [2.75, 3.05) is 5.32 Å². The van der Waals surface area contributed by atoms with Crippen LogP contribution in [0.3, 0.4) is 0 Å². The molecule has 4 aliphatic carbocycles. The van der Waals surface area contributed by atoms with Crippen molar-refractivity contribution < 1.29 is 19.8 Å². The number of ketones is 1. The molecule has 0 radical (unpaired) electrons. The molecule has 2 aromatic rings. The van der Waals surface area contributed by atoms with Crippen molar-refractivity contribution in [2.24, 2.45) is 28.6 Å². The number of fused-ring (bicyclic) bond motifs is 6. The van der Waals surface area contributed by atoms with E-state index in [1.54, 1.807) is 24.3 Å². The summed E-state index contributed by atoms with van der Waals surface area (Å²) in [7, 11) is 0. The molecule has 0 spiro atoms. The van der Waals surface area contributed by atoms with Gasteiger partial charge in [-0.3, -0.25) is 14.9 Å². The van der Waals surface area contributed by atoms with Gasteiger partial charge in [0.05, 0.1) is 17.1 Å². The number of nitrogens with zero attached hydrogens (tertiary/aromatic N) is 1. The van der Waals surface area contributed by atoms with Crippen LogP contribution in [0.2, 0.25) is 0 Å². The Kier molecular flexibility index (Phi) is 4.93. The first kappa shape index (κ1) is 23.2. The highest BCUT2D eigenvalue weighted by Gasteiger charge is 2.68. The van der Waals surface area contributed by atoms with Gasteiger partial charge >= 0.3 is 0 Å². The summed E-state index contributed by atoms with van der Waals surface area (Å²) >= 11 is 0. The van der Waals surface area contributed by atoms with E-state index in [1.165, 1.54) is 0 Å². The number of imidazole rings is 1. The molecular formula is C29H31N3O4. The number of aromatic nitrogens is 2. The van der Waals surface area contributed by atoms with Crippen molar-refractivity contribution in [3.63, 3.8) is 0 Å². The van der Waals surface area contributed by atoms with Crippen molar-refractivity contribution in [3.8, 4) is 12.3 Å². The summed E-state index contributed by atoms with van der Waals surface area (Å²) in [5.74, 6) is 2.52. The minimum Gasteiger partial charge on any atom is -0.393 e. The largest absolute Gasteiger partial charge is 0.393 e. The fraction of sp³-hybridized carbons (Fsp3) is 0.483. The van der Waals surface area contributed by atoms with Gasteiger partial charge in [0.25, 0.3) is 5.91 Å². The number of carbonyl (C=O) groups is 2. The Hall–Kier alpha value is -3.21. The smallest absolute Gasteiger partial charge is 0.259 e. The number of hydrogen-bond donors (Lipinski definition) is 4. The van der Waals surface area contributed by atoms with Crippen LogP contribution in [0.5, 0.6) is 0 Å². The van der Waals surface area contributed by atoms with Crippen LogP contribution in [0.1, 0.15) is 51.5 Å². The zero-order chi connectivity index (χ0) is 25.5. The molecule has 1 aromatic carbocycles. The zero-order valence-electron chi connectivity index (χ0n) is 20.5. The van der Waals surface area contributed by atoms with E-state index < -0.39 is 23.0 Å². The van der Waals surface area contributed by atoms with Crippen molar-refractivity contribution in [3.05, 3.63) is 47.6 Å². The van der Waals surface area contributed by atoms with Crippen molar-refractivity contribution in [2.45, 2.75) is 57.7 Å². The van der Waals surface area contributed by atoms with Gasteiger partial charge in [0, 0.05) is 22.3 Å². The summed E-state index contributed by atoms with van der Waals surface area (Å²) in [6.07, 6.45) is 13.1. The number of allylic oxidation sites excluding steroid dienone is 4. The Morgan fingerprint density at radius 3 is 2.89 bits per heavy atom. The van der Waals surface area contributed by atoms with Gasteiger partial charge in [-0.1, -0.05) is 31.4 Å². The van der Waals surface area contributed by atoms with Gasteiger partial charge in [-0.15, -0.1) is 6.42 Å². The van der Waals surface area contributed by atoms with E-state index in [0.717, 1.165) is 23.9 Å². The molecule has 3 fully saturated rings. The SMILES string of the molecule is C#Cc1ccc2[nH]c(NC(=O)[C@@]3(O)CCC4C5CCC6=CC(=O)C=CC6(C)C5[C@@H](O)CC43C)nc2c1. The van der Waals surface area contributed by atoms with Crippen LogP contribution in [0.15, 0.2) is 42.0 Å². The number of hydrogen-bond acceptors (Lipinski definition) is 5. The quantitative estimate of drug-likeness (QED) is 0.486. The Bertz CT molecular complexity index is 1400. The summed E-state index contributed by atoms with van der Waals surface area (Å²) in [5, 5.41) is 26.2. The molecule has 4 N–H and O–H groups in total. The van der Waals surface area contributed by atoms with Crippen molar-refractivity contribution in [1.29, 1.82) is 0 Å². The van der Waals surface area contributed by atoms with Crippen LogP contribution in [0.25, 0.3) is 11.0 Å². The lowest BCUT2D eigenvalue weighted by Crippen LogP contribution is -2.62. The molecule has 5 unspecified atom stereocenters. The monoisotopic (exact) mass is 485 g/mol. The minimum atomic E-state index is -1.64. The highest BCUT2D eigenvalue weighted by Crippen LogP contribution is 2.67. The van der Waals surface area contributed by atoms with Gasteiger partial charge in [0.2, 0.25) is 5.95 Å². The van der Waals surface area contributed by atoms with E-state index in [1.807, 2.05) is 19.1 Å². The Morgan fingerprint density at radius 2 is 2.11 bits per heavy atom. The molecule has 1 heterocycles. The maximum absolute atomic E-state index is 13.6. The van der Waals surface area contributed by atoms with E-state index in [2.05, 4.69) is 28.1 Å². The molecule has 3 saturated carbocycles. The van der Waals surface area contributed by atoms with E-state index >= 15 is 0 Å². The zero-order valence-corrected chi connectivity index (χ0v) is 20.5. The van der Waals surface area contributed by atoms with Crippen molar-refractivity contribution >= 4 is 28.7 Å². The molecule has 7 nitrogen and oxygen atoms in total. The molecule has 7 heteroatoms. The number of anilines is 1. The number of rotatable bonds is 2. The average molecular weight is 486 g/mol. The van der Waals surface area contributed by atoms with E-state index in [-0.39, 0.29) is 34.9 Å². The number of aliphatic hydroxyl groups is 2. The molecule has 36 heavy (non-hydrogen) atoms. The molecule has 0 saturated heterocycles. The third-order valence-corrected chi connectivity index (χ3v) is 9.91. The molecule has 186 valence electrons. The summed E-state index contributed by atoms with van der Waals surface area (Å²) in [5.41, 5.74) is 0.347. The Balaban J connectivity index is 1.29. The maximum atomic E-state index is 13.6. The van der Waals surface area contributed by atoms with Gasteiger partial charge in [0.15, 0.2) is 5.78 Å². The predicted octanol–water partition coefficient (Wildman–Crippen LogP) is 3.49. The van der Waals surface area contributed by atoms with Crippen molar-refractivity contribution in [1.82, 2.24) is 9.97 Å². The number of amides is 1. The van der Waals surface area contributed by atoms with Crippen LogP contribution in [-0.2, 0) is 9.59 Å². The number of H-pyrrole nitrogens is 1. The first-order valence-electron chi connectivity index (χ1n) is 12.7. The fourth-order valence-electron chi connectivity index (χ4n) is 8.07. The van der Waals surface area contributed by atoms with E-state index in [0.29, 0.717) is 30.3 Å². The standard InChI is InChI=1S/C29H31N3O4/c1-4-16-5-8-21-22(13-16)31-26(30-21)32-25(35)29(36)12-10-20-19-7-6-17-14-18(33)9-11-27(17,2)24(19)23(34)15-28(20,29)3/h1,5,8-9,11,13-14,19-20,23-24,34,36H,6-7,10,12,15H2,2-3H3,(H2,30,31,32,35)/t19?,20?,23-,24?,27?,28?,29-/m0/s1. The maximum Gasteiger partial charge on any atom is 0.259 e. The van der Waals surface area contributed by atoms with Crippen LogP contribution < -0.4 is 5.32 Å². The highest BCUT2D eigenvalue weighted by molar-refractivity contribution is 6.01. The number of nitrogens with one attached hydrogen (secondary N) is 2. The summed E-state index contributed by atoms with van der Waals surface area (Å²) in [4.78, 5) is 33.1. The topological polar surface area (TPSA) is 115 Å². The molecule has 4 aliphatic rings. The first-order chi connectivity index (χ1) is 17.1. The highest BCUT2D eigenvalue weighted by atomic mass is 16.3. The molecular weight excluding hydrogens is 454 g/mol. The number of aromatic amines is 1. The lowest BCUT2D eigenvalue weighted by Gasteiger charge is -2.59. The second-order valence-corrected chi connectivity index (χ2v) is 11.5. The second kappa shape index (κ2) is 7.64. The van der Waals surface area contributed by atoms with Crippen LogP contribution >= 0.6 is 0 Å². The lowest BCUT2D eigenvalue weighted by molar-refractivity contribution is -0.174. The number of carbonyl (C=O) groups excluding carboxylic acids is 2. The van der Waals surface area contributed by atoms with Crippen LogP contribution in [0.4, 0.5) is 5.95 Å². The Labute approximate surface area is 210 Å². The third-order valence-electron chi connectivity index (χ3n) is 9.91. The van der Waals surface area contributed by atoms with Crippen LogP contribution in [-0.4, -0.2) is 43.6 Å². The molecule has 0 bridgehead atoms. The number of benzene rings is 1. The van der Waals surface area contributed by atoms with Gasteiger partial charge in [-0.05, 0) is 74.3 Å². The minimum absolute atomic E-state index is 0.00377. The molecule has 7 atom stereocenters. The Morgan fingerprint density at radius 1 is 1.31 bits per heavy atom. The summed E-state index contributed by atoms with van der Waals surface area (Å²) < 4.78 is 0. The second-order valence-electron chi connectivity index (χ2n) is 11.5. The average Bonchev–Trinajstić information content (AvgIpc) is 3.36. The fourth-order valence-corrected chi connectivity index (χ4v) is 8.07. The van der Waals surface area contributed by atoms with E-state index in [9.17, 15) is 19.8 Å².